The molecule has 4 aromatic rings. The summed E-state index contributed by atoms with van der Waals surface area (Å²) in [5.41, 5.74) is 5.30. The van der Waals surface area contributed by atoms with Gasteiger partial charge in [-0.2, -0.15) is 0 Å². The van der Waals surface area contributed by atoms with Crippen molar-refractivity contribution < 1.29 is 14.3 Å². The molecule has 2 aromatic heterocycles. The van der Waals surface area contributed by atoms with Crippen LogP contribution in [0.15, 0.2) is 60.8 Å². The number of thiophene rings is 1. The third-order valence-electron chi connectivity index (χ3n) is 7.27. The van der Waals surface area contributed by atoms with Crippen LogP contribution in [0.3, 0.4) is 0 Å². The molecule has 190 valence electrons. The highest BCUT2D eigenvalue weighted by Gasteiger charge is 2.36. The summed E-state index contributed by atoms with van der Waals surface area (Å²) in [6, 6.07) is 17.3. The van der Waals surface area contributed by atoms with Crippen LogP contribution in [-0.4, -0.2) is 29.7 Å². The second-order valence-electron chi connectivity index (χ2n) is 9.36. The maximum absolute atomic E-state index is 14.1. The molecule has 0 saturated heterocycles. The quantitative estimate of drug-likeness (QED) is 0.301. The summed E-state index contributed by atoms with van der Waals surface area (Å²) in [5.74, 6) is 0.971. The van der Waals surface area contributed by atoms with E-state index < -0.39 is 0 Å². The van der Waals surface area contributed by atoms with E-state index in [0.29, 0.717) is 28.8 Å². The van der Waals surface area contributed by atoms with Crippen molar-refractivity contribution in [1.82, 2.24) is 9.47 Å². The lowest BCUT2D eigenvalue weighted by Gasteiger charge is -2.31. The van der Waals surface area contributed by atoms with Gasteiger partial charge < -0.3 is 24.3 Å². The summed E-state index contributed by atoms with van der Waals surface area (Å²) < 4.78 is 13.2. The van der Waals surface area contributed by atoms with E-state index in [9.17, 15) is 4.79 Å². The number of nitrogens with zero attached hydrogens (tertiary/aromatic N) is 2. The molecule has 6 nitrogen and oxygen atoms in total. The van der Waals surface area contributed by atoms with Crippen LogP contribution >= 0.6 is 22.9 Å². The number of nitrogens with one attached hydrogen (secondary N) is 1. The third kappa shape index (κ3) is 4.16. The van der Waals surface area contributed by atoms with Crippen LogP contribution in [0, 0.1) is 0 Å². The molecule has 2 amide bonds. The Kier molecular flexibility index (Phi) is 6.34. The van der Waals surface area contributed by atoms with Crippen LogP contribution in [-0.2, 0) is 19.4 Å². The summed E-state index contributed by atoms with van der Waals surface area (Å²) in [6.45, 7) is 0.514. The number of methoxy groups -OCH3 is 2. The number of aromatic nitrogens is 1. The molecule has 8 heteroatoms. The number of carbonyl (C=O) groups is 1. The van der Waals surface area contributed by atoms with E-state index in [1.807, 2.05) is 34.4 Å². The van der Waals surface area contributed by atoms with Crippen molar-refractivity contribution in [3.05, 3.63) is 93.1 Å². The van der Waals surface area contributed by atoms with Crippen molar-refractivity contribution in [1.29, 1.82) is 0 Å². The number of fused-ring (bicyclic) bond motifs is 5. The zero-order valence-electron chi connectivity index (χ0n) is 20.8. The van der Waals surface area contributed by atoms with E-state index in [4.69, 9.17) is 21.1 Å². The number of hydrogen-bond acceptors (Lipinski definition) is 4. The molecule has 1 atom stereocenters. The molecule has 1 unspecified atom stereocenters. The van der Waals surface area contributed by atoms with Gasteiger partial charge in [0.1, 0.15) is 16.5 Å². The molecule has 0 spiro atoms. The van der Waals surface area contributed by atoms with Crippen molar-refractivity contribution in [2.24, 2.45) is 0 Å². The Morgan fingerprint density at radius 3 is 2.57 bits per heavy atom. The second-order valence-corrected chi connectivity index (χ2v) is 10.8. The Morgan fingerprint density at radius 2 is 1.78 bits per heavy atom. The van der Waals surface area contributed by atoms with Gasteiger partial charge in [0.15, 0.2) is 0 Å². The first-order chi connectivity index (χ1) is 18.1. The van der Waals surface area contributed by atoms with Crippen LogP contribution in [0.25, 0.3) is 5.00 Å². The third-order valence-corrected chi connectivity index (χ3v) is 8.90. The molecule has 1 aliphatic carbocycles. The van der Waals surface area contributed by atoms with Gasteiger partial charge in [-0.05, 0) is 55.0 Å². The first-order valence-corrected chi connectivity index (χ1v) is 13.6. The van der Waals surface area contributed by atoms with E-state index in [1.165, 1.54) is 33.8 Å². The molecule has 0 saturated carbocycles. The monoisotopic (exact) mass is 533 g/mol. The van der Waals surface area contributed by atoms with E-state index in [1.54, 1.807) is 26.4 Å². The first kappa shape index (κ1) is 23.9. The van der Waals surface area contributed by atoms with Crippen LogP contribution in [0.5, 0.6) is 11.5 Å². The number of rotatable bonds is 4. The van der Waals surface area contributed by atoms with Gasteiger partial charge in [-0.15, -0.1) is 11.3 Å². The first-order valence-electron chi connectivity index (χ1n) is 12.4. The standard InChI is InChI=1S/C29H28ClN3O3S/c1-35-24-16-25(36-2)22(15-21(24)30)31-29(34)33-17-20-19-11-6-7-13-26(19)37-28(20)32-14-8-12-23(32)27(33)18-9-4-3-5-10-18/h3-5,8-10,12,14-16,27H,6-7,11,13,17H2,1-2H3,(H,31,34). The predicted octanol–water partition coefficient (Wildman–Crippen LogP) is 7.23. The van der Waals surface area contributed by atoms with E-state index in [0.717, 1.165) is 24.1 Å². The van der Waals surface area contributed by atoms with Crippen LogP contribution in [0.1, 0.15) is 46.1 Å². The fourth-order valence-corrected chi connectivity index (χ4v) is 7.16. The molecule has 6 rings (SSSR count). The summed E-state index contributed by atoms with van der Waals surface area (Å²) >= 11 is 8.29. The van der Waals surface area contributed by atoms with Crippen LogP contribution in [0.2, 0.25) is 5.02 Å². The Labute approximate surface area is 225 Å². The number of benzene rings is 2. The van der Waals surface area contributed by atoms with Crippen LogP contribution < -0.4 is 14.8 Å². The summed E-state index contributed by atoms with van der Waals surface area (Å²) in [6.07, 6.45) is 6.70. The number of amides is 2. The number of aryl methyl sites for hydroxylation is 1. The summed E-state index contributed by atoms with van der Waals surface area (Å²) in [5, 5.41) is 4.72. The van der Waals surface area contributed by atoms with Crippen molar-refractivity contribution in [3.63, 3.8) is 0 Å². The number of halogens is 1. The molecule has 37 heavy (non-hydrogen) atoms. The highest BCUT2D eigenvalue weighted by molar-refractivity contribution is 7.15. The predicted molar refractivity (Wildman–Crippen MR) is 148 cm³/mol. The minimum atomic E-state index is -0.269. The Hall–Kier alpha value is -3.42. The van der Waals surface area contributed by atoms with Gasteiger partial charge in [0.05, 0.1) is 43.2 Å². The van der Waals surface area contributed by atoms with Crippen LogP contribution in [0.4, 0.5) is 10.5 Å². The largest absolute Gasteiger partial charge is 0.495 e. The summed E-state index contributed by atoms with van der Waals surface area (Å²) in [4.78, 5) is 17.5. The highest BCUT2D eigenvalue weighted by Crippen LogP contribution is 2.44. The molecule has 1 aliphatic heterocycles. The SMILES string of the molecule is COc1cc(OC)c(NC(=O)N2Cc3c(sc4c3CCCC4)-n3cccc3C2c2ccccc2)cc1Cl. The Bertz CT molecular complexity index is 1460. The molecule has 2 aliphatic rings. The average Bonchev–Trinajstić information content (AvgIpc) is 3.51. The lowest BCUT2D eigenvalue weighted by atomic mass is 9.95. The van der Waals surface area contributed by atoms with E-state index >= 15 is 0 Å². The van der Waals surface area contributed by atoms with Crippen molar-refractivity contribution in [2.75, 3.05) is 19.5 Å². The fraction of sp³-hybridized carbons (Fsp3) is 0.276. The van der Waals surface area contributed by atoms with Gasteiger partial charge >= 0.3 is 6.03 Å². The van der Waals surface area contributed by atoms with Crippen molar-refractivity contribution in [2.45, 2.75) is 38.3 Å². The molecule has 0 fully saturated rings. The summed E-state index contributed by atoms with van der Waals surface area (Å²) in [7, 11) is 3.11. The number of ether oxygens (including phenoxy) is 2. The van der Waals surface area contributed by atoms with Gasteiger partial charge in [-0.1, -0.05) is 41.9 Å². The minimum absolute atomic E-state index is 0.218. The van der Waals surface area contributed by atoms with Gasteiger partial charge in [-0.3, -0.25) is 0 Å². The van der Waals surface area contributed by atoms with Gasteiger partial charge in [-0.25, -0.2) is 4.79 Å². The molecule has 0 radical (unpaired) electrons. The molecule has 1 N–H and O–H groups in total. The zero-order chi connectivity index (χ0) is 25.5. The average molecular weight is 534 g/mol. The lowest BCUT2D eigenvalue weighted by molar-refractivity contribution is 0.194. The molecule has 0 bridgehead atoms. The molecular weight excluding hydrogens is 506 g/mol. The fourth-order valence-electron chi connectivity index (χ4n) is 5.52. The molecule has 3 heterocycles. The lowest BCUT2D eigenvalue weighted by Crippen LogP contribution is -2.38. The maximum Gasteiger partial charge on any atom is 0.323 e. The van der Waals surface area contributed by atoms with Gasteiger partial charge in [0, 0.05) is 22.7 Å². The Morgan fingerprint density at radius 1 is 1.00 bits per heavy atom. The van der Waals surface area contributed by atoms with Crippen molar-refractivity contribution in [3.8, 4) is 16.5 Å². The second kappa shape index (κ2) is 9.80. The topological polar surface area (TPSA) is 55.7 Å². The minimum Gasteiger partial charge on any atom is -0.495 e. The molecule has 2 aromatic carbocycles. The van der Waals surface area contributed by atoms with E-state index in [2.05, 4.69) is 40.3 Å². The van der Waals surface area contributed by atoms with Gasteiger partial charge in [0.2, 0.25) is 0 Å². The number of carbonyl (C=O) groups excluding carboxylic acids is 1. The number of urea groups is 1. The van der Waals surface area contributed by atoms with Gasteiger partial charge in [0.25, 0.3) is 0 Å². The van der Waals surface area contributed by atoms with E-state index in [-0.39, 0.29) is 12.1 Å². The molecular formula is C29H28ClN3O3S. The highest BCUT2D eigenvalue weighted by atomic mass is 35.5. The number of hydrogen-bond donors (Lipinski definition) is 1. The Balaban J connectivity index is 1.47. The zero-order valence-corrected chi connectivity index (χ0v) is 22.4. The number of anilines is 1. The van der Waals surface area contributed by atoms with Crippen molar-refractivity contribution >= 4 is 34.7 Å². The normalized spacial score (nSPS) is 16.3. The maximum atomic E-state index is 14.1. The smallest absolute Gasteiger partial charge is 0.323 e.